The van der Waals surface area contributed by atoms with Gasteiger partial charge in [0.15, 0.2) is 0 Å². The molecule has 0 atom stereocenters. The number of carbonyl (C=O) groups is 1. The van der Waals surface area contributed by atoms with Gasteiger partial charge in [0.05, 0.1) is 0 Å². The van der Waals surface area contributed by atoms with Crippen molar-refractivity contribution in [2.24, 2.45) is 0 Å². The molecule has 0 bridgehead atoms. The van der Waals surface area contributed by atoms with Crippen LogP contribution in [0, 0.1) is 0 Å². The first-order valence-corrected chi connectivity index (χ1v) is 6.81. The molecule has 0 aliphatic rings. The minimum absolute atomic E-state index is 0.190. The molecule has 0 aliphatic heterocycles. The molecule has 0 heterocycles. The third-order valence-corrected chi connectivity index (χ3v) is 3.10. The summed E-state index contributed by atoms with van der Waals surface area (Å²) in [4.78, 5) is 15.1. The van der Waals surface area contributed by atoms with Crippen molar-refractivity contribution >= 4 is 6.29 Å². The van der Waals surface area contributed by atoms with Crippen LogP contribution >= 0.6 is 0 Å². The number of hydrogen-bond acceptors (Lipinski definition) is 4. The maximum absolute atomic E-state index is 10.7. The Morgan fingerprint density at radius 1 is 1.38 bits per heavy atom. The Bertz CT molecular complexity index is 542. The summed E-state index contributed by atoms with van der Waals surface area (Å²) in [6, 6.07) is 4.80. The van der Waals surface area contributed by atoms with E-state index in [-0.39, 0.29) is 5.75 Å². The Labute approximate surface area is 125 Å². The van der Waals surface area contributed by atoms with Crippen molar-refractivity contribution in [2.75, 3.05) is 0 Å². The Hall–Kier alpha value is -1.91. The van der Waals surface area contributed by atoms with Gasteiger partial charge in [0.25, 0.3) is 0 Å². The van der Waals surface area contributed by atoms with Gasteiger partial charge < -0.3 is 5.11 Å². The molecule has 4 heteroatoms. The molecule has 1 aromatic carbocycles. The lowest BCUT2D eigenvalue weighted by atomic mass is 10.0. The Balaban J connectivity index is 2.66. The van der Waals surface area contributed by atoms with E-state index in [4.69, 9.17) is 5.26 Å². The largest absolute Gasteiger partial charge is 0.508 e. The molecule has 2 N–H and O–H groups in total. The van der Waals surface area contributed by atoms with Crippen LogP contribution in [-0.4, -0.2) is 22.3 Å². The molecule has 114 valence electrons. The van der Waals surface area contributed by atoms with Crippen molar-refractivity contribution in [3.8, 4) is 5.75 Å². The summed E-state index contributed by atoms with van der Waals surface area (Å²) in [5.41, 5.74) is 1.70. The normalized spacial score (nSPS) is 12.9. The van der Waals surface area contributed by atoms with Gasteiger partial charge in [-0.2, -0.15) is 0 Å². The van der Waals surface area contributed by atoms with Crippen molar-refractivity contribution in [3.05, 3.63) is 53.1 Å². The first-order valence-electron chi connectivity index (χ1n) is 6.81. The van der Waals surface area contributed by atoms with Gasteiger partial charge in [0.1, 0.15) is 17.6 Å². The van der Waals surface area contributed by atoms with Crippen molar-refractivity contribution in [3.63, 3.8) is 0 Å². The molecular weight excluding hydrogens is 268 g/mol. The van der Waals surface area contributed by atoms with E-state index in [1.165, 1.54) is 6.07 Å². The number of allylic oxidation sites excluding steroid dienone is 3. The van der Waals surface area contributed by atoms with Crippen LogP contribution in [0.1, 0.15) is 43.1 Å². The number of aldehydes is 1. The lowest BCUT2D eigenvalue weighted by Crippen LogP contribution is -2.18. The van der Waals surface area contributed by atoms with Crippen molar-refractivity contribution in [1.82, 2.24) is 0 Å². The number of hydrogen-bond donors (Lipinski definition) is 2. The predicted octanol–water partition coefficient (Wildman–Crippen LogP) is 3.91. The highest BCUT2D eigenvalue weighted by Crippen LogP contribution is 2.20. The number of benzene rings is 1. The van der Waals surface area contributed by atoms with E-state index in [1.807, 2.05) is 19.1 Å². The average Bonchev–Trinajstić information content (AvgIpc) is 2.46. The monoisotopic (exact) mass is 290 g/mol. The maximum Gasteiger partial charge on any atom is 0.150 e. The third kappa shape index (κ3) is 5.94. The average molecular weight is 290 g/mol. The van der Waals surface area contributed by atoms with Gasteiger partial charge in [0.2, 0.25) is 0 Å². The van der Waals surface area contributed by atoms with Gasteiger partial charge in [-0.1, -0.05) is 23.8 Å². The molecule has 1 aromatic rings. The Morgan fingerprint density at radius 3 is 2.71 bits per heavy atom. The zero-order chi connectivity index (χ0) is 15.9. The van der Waals surface area contributed by atoms with Crippen LogP contribution in [0.4, 0.5) is 0 Å². The van der Waals surface area contributed by atoms with Crippen LogP contribution < -0.4 is 0 Å². The summed E-state index contributed by atoms with van der Waals surface area (Å²) in [5, 5.41) is 18.4. The highest BCUT2D eigenvalue weighted by atomic mass is 17.1. The number of rotatable bonds is 7. The molecule has 0 amide bonds. The second-order valence-corrected chi connectivity index (χ2v) is 5.56. The standard InChI is InChI=1S/C17H22O4/c1-13(5-4-10-17(2,3)21-20)6-8-15-11-14(12-18)7-9-16(15)19/h4,6-7,9-12,19-20H,5,8H2,1-3H3/b10-4+,13-6+. The topological polar surface area (TPSA) is 66.8 Å². The highest BCUT2D eigenvalue weighted by molar-refractivity contribution is 5.75. The fraction of sp³-hybridized carbons (Fsp3) is 0.353. The quantitative estimate of drug-likeness (QED) is 0.346. The SMILES string of the molecule is C/C(=C\Cc1cc(C=O)ccc1O)C/C=C/C(C)(C)OO. The Kier molecular flexibility index (Phi) is 6.34. The molecule has 0 fully saturated rings. The van der Waals surface area contributed by atoms with Gasteiger partial charge >= 0.3 is 0 Å². The molecule has 0 saturated carbocycles. The highest BCUT2D eigenvalue weighted by Gasteiger charge is 2.12. The molecule has 0 aromatic heterocycles. The van der Waals surface area contributed by atoms with Gasteiger partial charge in [-0.25, -0.2) is 4.89 Å². The minimum Gasteiger partial charge on any atom is -0.508 e. The molecule has 1 rings (SSSR count). The smallest absolute Gasteiger partial charge is 0.150 e. The first-order chi connectivity index (χ1) is 9.88. The lowest BCUT2D eigenvalue weighted by molar-refractivity contribution is -0.297. The summed E-state index contributed by atoms with van der Waals surface area (Å²) in [7, 11) is 0. The summed E-state index contributed by atoms with van der Waals surface area (Å²) in [6.07, 6.45) is 7.76. The number of phenols is 1. The fourth-order valence-corrected chi connectivity index (χ4v) is 1.77. The molecular formula is C17H22O4. The third-order valence-electron chi connectivity index (χ3n) is 3.10. The van der Waals surface area contributed by atoms with Crippen LogP contribution in [0.3, 0.4) is 0 Å². The van der Waals surface area contributed by atoms with Crippen LogP contribution in [0.15, 0.2) is 42.0 Å². The predicted molar refractivity (Wildman–Crippen MR) is 82.5 cm³/mol. The second kappa shape index (κ2) is 7.76. The van der Waals surface area contributed by atoms with Crippen molar-refractivity contribution in [1.29, 1.82) is 0 Å². The lowest BCUT2D eigenvalue weighted by Gasteiger charge is -2.14. The first kappa shape index (κ1) is 17.1. The van der Waals surface area contributed by atoms with E-state index in [0.29, 0.717) is 12.0 Å². The van der Waals surface area contributed by atoms with Gasteiger partial charge in [-0.3, -0.25) is 10.1 Å². The van der Waals surface area contributed by atoms with Gasteiger partial charge in [0, 0.05) is 5.56 Å². The van der Waals surface area contributed by atoms with Crippen LogP contribution in [0.2, 0.25) is 0 Å². The minimum atomic E-state index is -0.698. The van der Waals surface area contributed by atoms with E-state index >= 15 is 0 Å². The van der Waals surface area contributed by atoms with Crippen LogP contribution in [0.5, 0.6) is 5.75 Å². The van der Waals surface area contributed by atoms with E-state index in [1.54, 1.807) is 32.1 Å². The molecule has 4 nitrogen and oxygen atoms in total. The number of phenolic OH excluding ortho intramolecular Hbond substituents is 1. The van der Waals surface area contributed by atoms with Gasteiger partial charge in [-0.15, -0.1) is 0 Å². The molecule has 0 unspecified atom stereocenters. The van der Waals surface area contributed by atoms with Crippen molar-refractivity contribution in [2.45, 2.75) is 39.2 Å². The van der Waals surface area contributed by atoms with Crippen LogP contribution in [0.25, 0.3) is 0 Å². The maximum atomic E-state index is 10.7. The molecule has 0 saturated heterocycles. The van der Waals surface area contributed by atoms with E-state index < -0.39 is 5.60 Å². The number of carbonyl (C=O) groups excluding carboxylic acids is 1. The molecule has 0 aliphatic carbocycles. The van der Waals surface area contributed by atoms with E-state index in [0.717, 1.165) is 23.8 Å². The van der Waals surface area contributed by atoms with E-state index in [2.05, 4.69) is 4.89 Å². The van der Waals surface area contributed by atoms with E-state index in [9.17, 15) is 9.90 Å². The molecule has 21 heavy (non-hydrogen) atoms. The zero-order valence-corrected chi connectivity index (χ0v) is 12.7. The Morgan fingerprint density at radius 2 is 2.10 bits per heavy atom. The summed E-state index contributed by atoms with van der Waals surface area (Å²) in [5.74, 6) is 0.190. The van der Waals surface area contributed by atoms with Gasteiger partial charge in [-0.05, 0) is 57.4 Å². The summed E-state index contributed by atoms with van der Waals surface area (Å²) < 4.78 is 0. The molecule has 0 radical (unpaired) electrons. The summed E-state index contributed by atoms with van der Waals surface area (Å²) >= 11 is 0. The second-order valence-electron chi connectivity index (χ2n) is 5.56. The fourth-order valence-electron chi connectivity index (χ4n) is 1.77. The molecule has 0 spiro atoms. The van der Waals surface area contributed by atoms with Crippen LogP contribution in [-0.2, 0) is 11.3 Å². The number of aromatic hydroxyl groups is 1. The summed E-state index contributed by atoms with van der Waals surface area (Å²) in [6.45, 7) is 5.49. The zero-order valence-electron chi connectivity index (χ0n) is 12.7. The van der Waals surface area contributed by atoms with Crippen molar-refractivity contribution < 1.29 is 20.0 Å².